The van der Waals surface area contributed by atoms with Crippen LogP contribution in [0, 0.1) is 5.92 Å². The van der Waals surface area contributed by atoms with Gasteiger partial charge in [0.2, 0.25) is 10.0 Å². The lowest BCUT2D eigenvalue weighted by atomic mass is 9.84. The zero-order valence-corrected chi connectivity index (χ0v) is 17.3. The summed E-state index contributed by atoms with van der Waals surface area (Å²) in [6, 6.07) is 13.1. The average Bonchev–Trinajstić information content (AvgIpc) is 3.13. The maximum absolute atomic E-state index is 12.2. The number of benzene rings is 1. The van der Waals surface area contributed by atoms with Crippen molar-refractivity contribution in [2.24, 2.45) is 5.92 Å². The van der Waals surface area contributed by atoms with E-state index in [0.717, 1.165) is 42.6 Å². The van der Waals surface area contributed by atoms with Gasteiger partial charge >= 0.3 is 0 Å². The molecule has 0 radical (unpaired) electrons. The fourth-order valence-electron chi connectivity index (χ4n) is 3.30. The molecule has 0 spiro atoms. The second kappa shape index (κ2) is 9.49. The summed E-state index contributed by atoms with van der Waals surface area (Å²) in [5, 5.41) is 10.4. The number of thiophene rings is 1. The Kier molecular flexibility index (Phi) is 7.30. The minimum atomic E-state index is -3.62. The number of ether oxygens (including phenoxy) is 1. The number of rotatable bonds is 8. The molecule has 2 N–H and O–H groups in total. The summed E-state index contributed by atoms with van der Waals surface area (Å²) in [5.74, 6) is 0.0798. The van der Waals surface area contributed by atoms with Crippen molar-refractivity contribution in [2.75, 3.05) is 6.54 Å². The van der Waals surface area contributed by atoms with Gasteiger partial charge in [-0.25, -0.2) is 13.1 Å². The third kappa shape index (κ3) is 6.01. The van der Waals surface area contributed by atoms with Gasteiger partial charge in [-0.05, 0) is 49.3 Å². The normalized spacial score (nSPS) is 21.9. The maximum Gasteiger partial charge on any atom is 0.250 e. The van der Waals surface area contributed by atoms with Crippen molar-refractivity contribution in [3.8, 4) is 0 Å². The zero-order chi connectivity index (χ0) is 19.3. The van der Waals surface area contributed by atoms with Crippen LogP contribution >= 0.6 is 22.9 Å². The molecule has 1 heterocycles. The Bertz CT molecular complexity index is 817. The molecule has 1 atom stereocenters. The number of hydrogen-bond donors (Lipinski definition) is 2. The van der Waals surface area contributed by atoms with Crippen LogP contribution in [0.5, 0.6) is 0 Å². The summed E-state index contributed by atoms with van der Waals surface area (Å²) in [6.45, 7) is 0.611. The van der Waals surface area contributed by atoms with E-state index >= 15 is 0 Å². The van der Waals surface area contributed by atoms with Gasteiger partial charge in [-0.3, -0.25) is 0 Å². The molecule has 2 aromatic rings. The van der Waals surface area contributed by atoms with Crippen LogP contribution in [0.2, 0.25) is 4.34 Å². The Labute approximate surface area is 169 Å². The lowest BCUT2D eigenvalue weighted by Gasteiger charge is -2.31. The van der Waals surface area contributed by atoms with Crippen molar-refractivity contribution >= 4 is 33.0 Å². The van der Waals surface area contributed by atoms with Crippen molar-refractivity contribution < 1.29 is 18.3 Å². The van der Waals surface area contributed by atoms with Crippen molar-refractivity contribution in [3.05, 3.63) is 52.4 Å². The Morgan fingerprint density at radius 2 is 1.85 bits per heavy atom. The van der Waals surface area contributed by atoms with Gasteiger partial charge in [-0.15, -0.1) is 11.3 Å². The molecule has 0 bridgehead atoms. The molecule has 1 saturated carbocycles. The summed E-state index contributed by atoms with van der Waals surface area (Å²) in [6.07, 6.45) is 2.90. The first kappa shape index (κ1) is 20.8. The fraction of sp³-hybridized carbons (Fsp3) is 0.474. The molecular formula is C19H24ClNO4S2. The monoisotopic (exact) mass is 429 g/mol. The van der Waals surface area contributed by atoms with Crippen LogP contribution in [0.25, 0.3) is 0 Å². The van der Waals surface area contributed by atoms with Gasteiger partial charge < -0.3 is 9.84 Å². The molecule has 1 aliphatic carbocycles. The van der Waals surface area contributed by atoms with Crippen LogP contribution < -0.4 is 4.72 Å². The summed E-state index contributed by atoms with van der Waals surface area (Å²) >= 11 is 6.80. The highest BCUT2D eigenvalue weighted by Crippen LogP contribution is 2.30. The molecule has 8 heteroatoms. The van der Waals surface area contributed by atoms with Crippen molar-refractivity contribution in [2.45, 2.75) is 48.7 Å². The van der Waals surface area contributed by atoms with Crippen LogP contribution in [-0.2, 0) is 21.4 Å². The number of nitrogens with one attached hydrogen (secondary N) is 1. The average molecular weight is 430 g/mol. The summed E-state index contributed by atoms with van der Waals surface area (Å²) < 4.78 is 33.5. The first-order valence-electron chi connectivity index (χ1n) is 9.02. The van der Waals surface area contributed by atoms with Crippen molar-refractivity contribution in [1.82, 2.24) is 4.72 Å². The molecule has 1 aromatic carbocycles. The highest BCUT2D eigenvalue weighted by atomic mass is 35.5. The molecule has 1 fully saturated rings. The molecule has 0 saturated heterocycles. The Hall–Kier alpha value is -0.960. The summed E-state index contributed by atoms with van der Waals surface area (Å²) in [4.78, 5) is 0. The molecule has 0 unspecified atom stereocenters. The first-order chi connectivity index (χ1) is 12.9. The third-order valence-electron chi connectivity index (χ3n) is 4.89. The lowest BCUT2D eigenvalue weighted by molar-refractivity contribution is -0.0119. The summed E-state index contributed by atoms with van der Waals surface area (Å²) in [7, 11) is -3.62. The first-order valence-corrected chi connectivity index (χ1v) is 11.7. The number of aliphatic hydroxyl groups is 1. The van der Waals surface area contributed by atoms with E-state index in [1.807, 2.05) is 30.3 Å². The minimum absolute atomic E-state index is 0.0120. The van der Waals surface area contributed by atoms with Gasteiger partial charge in [0, 0.05) is 6.54 Å². The second-order valence-electron chi connectivity index (χ2n) is 6.81. The lowest BCUT2D eigenvalue weighted by Crippen LogP contribution is -2.38. The number of hydrogen-bond acceptors (Lipinski definition) is 5. The van der Waals surface area contributed by atoms with E-state index < -0.39 is 16.1 Å². The fourth-order valence-corrected chi connectivity index (χ4v) is 5.88. The van der Waals surface area contributed by atoms with E-state index in [4.69, 9.17) is 16.3 Å². The standard InChI is InChI=1S/C19H24ClNO4S2/c20-18-10-11-19(26-18)27(23,24)21-12-17(22)15-6-8-16(9-7-15)25-13-14-4-2-1-3-5-14/h1-5,10-11,15-17,21-22H,6-9,12-13H2/t15?,16?,17-/m0/s1. The quantitative estimate of drug-likeness (QED) is 0.668. The second-order valence-corrected chi connectivity index (χ2v) is 10.5. The van der Waals surface area contributed by atoms with Crippen LogP contribution in [0.15, 0.2) is 46.7 Å². The molecule has 1 aromatic heterocycles. The smallest absolute Gasteiger partial charge is 0.250 e. The van der Waals surface area contributed by atoms with Crippen molar-refractivity contribution in [1.29, 1.82) is 0 Å². The van der Waals surface area contributed by atoms with Gasteiger partial charge in [0.25, 0.3) is 0 Å². The summed E-state index contributed by atoms with van der Waals surface area (Å²) in [5.41, 5.74) is 1.16. The van der Waals surface area contributed by atoms with Gasteiger partial charge in [-0.1, -0.05) is 41.9 Å². The molecular weight excluding hydrogens is 406 g/mol. The molecule has 0 amide bonds. The van der Waals surface area contributed by atoms with E-state index in [0.29, 0.717) is 10.9 Å². The predicted octanol–water partition coefficient (Wildman–Crippen LogP) is 3.82. The van der Waals surface area contributed by atoms with Gasteiger partial charge in [-0.2, -0.15) is 0 Å². The van der Waals surface area contributed by atoms with Crippen LogP contribution in [0.1, 0.15) is 31.2 Å². The largest absolute Gasteiger partial charge is 0.391 e. The molecule has 5 nitrogen and oxygen atoms in total. The van der Waals surface area contributed by atoms with Gasteiger partial charge in [0.1, 0.15) is 4.21 Å². The Morgan fingerprint density at radius 3 is 2.48 bits per heavy atom. The Morgan fingerprint density at radius 1 is 1.15 bits per heavy atom. The van der Waals surface area contributed by atoms with Gasteiger partial charge in [0.15, 0.2) is 0 Å². The van der Waals surface area contributed by atoms with Crippen molar-refractivity contribution in [3.63, 3.8) is 0 Å². The van der Waals surface area contributed by atoms with E-state index in [9.17, 15) is 13.5 Å². The minimum Gasteiger partial charge on any atom is -0.391 e. The highest BCUT2D eigenvalue weighted by Gasteiger charge is 2.28. The number of halogens is 1. The third-order valence-corrected chi connectivity index (χ3v) is 8.03. The molecule has 3 rings (SSSR count). The maximum atomic E-state index is 12.2. The zero-order valence-electron chi connectivity index (χ0n) is 14.9. The molecule has 0 aliphatic heterocycles. The van der Waals surface area contributed by atoms with Crippen LogP contribution in [0.3, 0.4) is 0 Å². The molecule has 1 aliphatic rings. The molecule has 148 valence electrons. The van der Waals surface area contributed by atoms with E-state index in [2.05, 4.69) is 4.72 Å². The van der Waals surface area contributed by atoms with Crippen LogP contribution in [-0.4, -0.2) is 32.3 Å². The Balaban J connectivity index is 1.41. The molecule has 27 heavy (non-hydrogen) atoms. The predicted molar refractivity (Wildman–Crippen MR) is 108 cm³/mol. The van der Waals surface area contributed by atoms with E-state index in [1.54, 1.807) is 6.07 Å². The van der Waals surface area contributed by atoms with E-state index in [-0.39, 0.29) is 22.8 Å². The number of sulfonamides is 1. The number of aliphatic hydroxyl groups excluding tert-OH is 1. The van der Waals surface area contributed by atoms with E-state index in [1.165, 1.54) is 6.07 Å². The SMILES string of the molecule is O=S(=O)(NC[C@H](O)C1CCC(OCc2ccccc2)CC1)c1ccc(Cl)s1. The van der Waals surface area contributed by atoms with Crippen LogP contribution in [0.4, 0.5) is 0 Å². The highest BCUT2D eigenvalue weighted by molar-refractivity contribution is 7.91. The topological polar surface area (TPSA) is 75.6 Å². The van der Waals surface area contributed by atoms with Gasteiger partial charge in [0.05, 0.1) is 23.2 Å².